The van der Waals surface area contributed by atoms with Gasteiger partial charge in [-0.25, -0.2) is 0 Å². The van der Waals surface area contributed by atoms with Gasteiger partial charge >= 0.3 is 0 Å². The number of allylic oxidation sites excluding steroid dienone is 2. The van der Waals surface area contributed by atoms with Crippen LogP contribution in [-0.4, -0.2) is 12.3 Å². The van der Waals surface area contributed by atoms with Crippen LogP contribution < -0.4 is 11.5 Å². The lowest BCUT2D eigenvalue weighted by Crippen LogP contribution is -2.09. The zero-order valence-electron chi connectivity index (χ0n) is 12.9. The summed E-state index contributed by atoms with van der Waals surface area (Å²) in [5, 5.41) is 9.40. The van der Waals surface area contributed by atoms with E-state index in [1.54, 1.807) is 12.1 Å². The summed E-state index contributed by atoms with van der Waals surface area (Å²) in [7, 11) is 0. The third kappa shape index (κ3) is 3.73. The lowest BCUT2D eigenvalue weighted by molar-refractivity contribution is 0.934. The average molecular weight is 282 g/mol. The Hall–Kier alpha value is -2.54. The molecular formula is C17H22N4. The van der Waals surface area contributed by atoms with E-state index in [1.807, 2.05) is 26.8 Å². The van der Waals surface area contributed by atoms with Gasteiger partial charge in [-0.05, 0) is 49.6 Å². The van der Waals surface area contributed by atoms with Gasteiger partial charge in [0.15, 0.2) is 0 Å². The molecule has 0 radical (unpaired) electrons. The van der Waals surface area contributed by atoms with Gasteiger partial charge in [0.1, 0.15) is 11.6 Å². The van der Waals surface area contributed by atoms with Crippen LogP contribution >= 0.6 is 0 Å². The first-order chi connectivity index (χ1) is 9.96. The second kappa shape index (κ2) is 7.30. The SMILES string of the molecule is C=CC(=NCCC)/C(C#N)=C(\N)c1cc(C)c(C)c(N)c1. The Bertz CT molecular complexity index is 622. The van der Waals surface area contributed by atoms with Crippen molar-refractivity contribution in [3.05, 3.63) is 47.1 Å². The molecule has 0 atom stereocenters. The van der Waals surface area contributed by atoms with E-state index in [0.717, 1.165) is 23.1 Å². The summed E-state index contributed by atoms with van der Waals surface area (Å²) in [5.74, 6) is 0. The highest BCUT2D eigenvalue weighted by Crippen LogP contribution is 2.23. The molecule has 0 amide bonds. The molecule has 0 spiro atoms. The smallest absolute Gasteiger partial charge is 0.104 e. The summed E-state index contributed by atoms with van der Waals surface area (Å²) in [4.78, 5) is 4.35. The molecule has 0 saturated heterocycles. The highest BCUT2D eigenvalue weighted by atomic mass is 14.7. The minimum Gasteiger partial charge on any atom is -0.398 e. The van der Waals surface area contributed by atoms with Crippen LogP contribution in [0.25, 0.3) is 5.70 Å². The maximum absolute atomic E-state index is 9.40. The van der Waals surface area contributed by atoms with E-state index >= 15 is 0 Å². The minimum absolute atomic E-state index is 0.334. The first-order valence-corrected chi connectivity index (χ1v) is 6.90. The van der Waals surface area contributed by atoms with Gasteiger partial charge in [0, 0.05) is 17.8 Å². The summed E-state index contributed by atoms with van der Waals surface area (Å²) in [6.45, 7) is 10.3. The van der Waals surface area contributed by atoms with Gasteiger partial charge in [0.25, 0.3) is 0 Å². The van der Waals surface area contributed by atoms with Crippen molar-refractivity contribution in [1.29, 1.82) is 5.26 Å². The van der Waals surface area contributed by atoms with E-state index in [1.165, 1.54) is 0 Å². The number of nitriles is 1. The van der Waals surface area contributed by atoms with Crippen LogP contribution in [0.1, 0.15) is 30.0 Å². The van der Waals surface area contributed by atoms with Crippen LogP contribution in [0.2, 0.25) is 0 Å². The fourth-order valence-corrected chi connectivity index (χ4v) is 1.92. The summed E-state index contributed by atoms with van der Waals surface area (Å²) in [6.07, 6.45) is 2.46. The molecule has 0 aliphatic rings. The predicted molar refractivity (Wildman–Crippen MR) is 89.8 cm³/mol. The van der Waals surface area contributed by atoms with E-state index in [0.29, 0.717) is 29.2 Å². The lowest BCUT2D eigenvalue weighted by Gasteiger charge is -2.11. The van der Waals surface area contributed by atoms with Crippen LogP contribution in [0.15, 0.2) is 35.4 Å². The van der Waals surface area contributed by atoms with Crippen molar-refractivity contribution in [1.82, 2.24) is 0 Å². The molecule has 21 heavy (non-hydrogen) atoms. The Morgan fingerprint density at radius 1 is 1.43 bits per heavy atom. The Labute approximate surface area is 126 Å². The van der Waals surface area contributed by atoms with Crippen molar-refractivity contribution in [2.24, 2.45) is 10.7 Å². The molecule has 1 aromatic carbocycles. The Balaban J connectivity index is 3.44. The molecule has 0 unspecified atom stereocenters. The van der Waals surface area contributed by atoms with Gasteiger partial charge in [-0.2, -0.15) is 5.26 Å². The minimum atomic E-state index is 0.334. The van der Waals surface area contributed by atoms with E-state index in [-0.39, 0.29) is 0 Å². The average Bonchev–Trinajstić information content (AvgIpc) is 2.47. The van der Waals surface area contributed by atoms with Crippen molar-refractivity contribution >= 4 is 17.1 Å². The maximum atomic E-state index is 9.40. The van der Waals surface area contributed by atoms with Gasteiger partial charge in [-0.1, -0.05) is 13.5 Å². The Kier molecular flexibility index (Phi) is 5.74. The number of nitrogen functional groups attached to an aromatic ring is 1. The van der Waals surface area contributed by atoms with Crippen molar-refractivity contribution < 1.29 is 0 Å². The summed E-state index contributed by atoms with van der Waals surface area (Å²) in [5.41, 5.74) is 16.8. The monoisotopic (exact) mass is 282 g/mol. The molecule has 0 heterocycles. The third-order valence-corrected chi connectivity index (χ3v) is 3.35. The molecule has 0 aliphatic heterocycles. The predicted octanol–water partition coefficient (Wildman–Crippen LogP) is 3.12. The van der Waals surface area contributed by atoms with Crippen LogP contribution in [0, 0.1) is 25.2 Å². The molecule has 0 fully saturated rings. The van der Waals surface area contributed by atoms with Crippen molar-refractivity contribution in [2.75, 3.05) is 12.3 Å². The molecule has 0 saturated carbocycles. The molecule has 4 heteroatoms. The topological polar surface area (TPSA) is 88.2 Å². The number of aryl methyl sites for hydroxylation is 1. The summed E-state index contributed by atoms with van der Waals surface area (Å²) in [6, 6.07) is 5.84. The van der Waals surface area contributed by atoms with Crippen LogP contribution in [0.4, 0.5) is 5.69 Å². The fourth-order valence-electron chi connectivity index (χ4n) is 1.92. The molecule has 0 aromatic heterocycles. The number of rotatable bonds is 5. The Morgan fingerprint density at radius 2 is 2.10 bits per heavy atom. The first-order valence-electron chi connectivity index (χ1n) is 6.90. The molecule has 4 N–H and O–H groups in total. The van der Waals surface area contributed by atoms with E-state index in [9.17, 15) is 5.26 Å². The quantitative estimate of drug-likeness (QED) is 0.494. The number of hydrogen-bond acceptors (Lipinski definition) is 4. The Morgan fingerprint density at radius 3 is 2.57 bits per heavy atom. The number of anilines is 1. The maximum Gasteiger partial charge on any atom is 0.104 e. The van der Waals surface area contributed by atoms with E-state index in [4.69, 9.17) is 11.5 Å². The van der Waals surface area contributed by atoms with Crippen molar-refractivity contribution in [3.63, 3.8) is 0 Å². The number of nitrogens with zero attached hydrogens (tertiary/aromatic N) is 2. The molecule has 1 aromatic rings. The number of aliphatic imine (C=N–C) groups is 1. The standard InChI is InChI=1S/C17H22N4/c1-5-7-21-16(6-2)14(10-18)17(20)13-8-11(3)12(4)15(19)9-13/h6,8-9H,2,5,7,19-20H2,1,3-4H3/b17-14-,21-16?. The van der Waals surface area contributed by atoms with Crippen LogP contribution in [0.3, 0.4) is 0 Å². The molecule has 110 valence electrons. The van der Waals surface area contributed by atoms with Crippen molar-refractivity contribution in [3.8, 4) is 6.07 Å². The third-order valence-electron chi connectivity index (χ3n) is 3.35. The lowest BCUT2D eigenvalue weighted by atomic mass is 9.98. The van der Waals surface area contributed by atoms with Gasteiger partial charge < -0.3 is 11.5 Å². The van der Waals surface area contributed by atoms with Crippen LogP contribution in [-0.2, 0) is 0 Å². The molecule has 4 nitrogen and oxygen atoms in total. The molecule has 0 bridgehead atoms. The van der Waals surface area contributed by atoms with Gasteiger partial charge in [0.05, 0.1) is 11.4 Å². The zero-order valence-corrected chi connectivity index (χ0v) is 12.9. The number of hydrogen-bond donors (Lipinski definition) is 2. The molecule has 1 rings (SSSR count). The van der Waals surface area contributed by atoms with Crippen molar-refractivity contribution in [2.45, 2.75) is 27.2 Å². The fraction of sp³-hybridized carbons (Fsp3) is 0.294. The molecule has 0 aliphatic carbocycles. The first kappa shape index (κ1) is 16.5. The van der Waals surface area contributed by atoms with Crippen LogP contribution in [0.5, 0.6) is 0 Å². The number of nitrogens with two attached hydrogens (primary N) is 2. The van der Waals surface area contributed by atoms with Gasteiger partial charge in [0.2, 0.25) is 0 Å². The second-order valence-corrected chi connectivity index (χ2v) is 4.88. The normalized spacial score (nSPS) is 12.6. The number of benzene rings is 1. The van der Waals surface area contributed by atoms with E-state index < -0.39 is 0 Å². The molecular weight excluding hydrogens is 260 g/mol. The van der Waals surface area contributed by atoms with E-state index in [2.05, 4.69) is 17.6 Å². The highest BCUT2D eigenvalue weighted by Gasteiger charge is 2.12. The zero-order chi connectivity index (χ0) is 16.0. The summed E-state index contributed by atoms with van der Waals surface area (Å²) >= 11 is 0. The summed E-state index contributed by atoms with van der Waals surface area (Å²) < 4.78 is 0. The second-order valence-electron chi connectivity index (χ2n) is 4.88. The highest BCUT2D eigenvalue weighted by molar-refractivity contribution is 6.15. The van der Waals surface area contributed by atoms with Gasteiger partial charge in [-0.15, -0.1) is 0 Å². The van der Waals surface area contributed by atoms with Gasteiger partial charge in [-0.3, -0.25) is 4.99 Å². The largest absolute Gasteiger partial charge is 0.398 e.